The molecule has 2 nitrogen and oxygen atoms in total. The number of pyridine rings is 1. The average molecular weight is 477 g/mol. The Bertz CT molecular complexity index is 1090. The molecule has 27 heavy (non-hydrogen) atoms. The molecule has 0 saturated carbocycles. The third-order valence-electron chi connectivity index (χ3n) is 3.85. The number of hydrogen-bond acceptors (Lipinski definition) is 2. The van der Waals surface area contributed by atoms with Crippen molar-refractivity contribution in [3.63, 3.8) is 0 Å². The van der Waals surface area contributed by atoms with E-state index in [2.05, 4.69) is 11.1 Å². The van der Waals surface area contributed by atoms with Crippen LogP contribution in [0.4, 0.5) is 0 Å². The Hall–Kier alpha value is -1.18. The second-order valence-electron chi connectivity index (χ2n) is 5.50. The first-order valence-electron chi connectivity index (χ1n) is 7.48. The number of nitrogens with zero attached hydrogens (tertiary/aromatic N) is 2. The Morgan fingerprint density at radius 2 is 1.30 bits per heavy atom. The number of rotatable bonds is 3. The van der Waals surface area contributed by atoms with Gasteiger partial charge in [-0.25, -0.2) is 0 Å². The maximum atomic E-state index is 9.26. The van der Waals surface area contributed by atoms with E-state index in [0.717, 1.165) is 0 Å². The normalized spacial score (nSPS) is 10.7. The van der Waals surface area contributed by atoms with Crippen LogP contribution in [0.1, 0.15) is 5.56 Å². The van der Waals surface area contributed by atoms with Crippen molar-refractivity contribution < 1.29 is 0 Å². The van der Waals surface area contributed by atoms with Gasteiger partial charge in [-0.15, -0.1) is 0 Å². The van der Waals surface area contributed by atoms with Gasteiger partial charge in [-0.05, 0) is 35.9 Å². The summed E-state index contributed by atoms with van der Waals surface area (Å²) >= 11 is 37.5. The molecule has 0 saturated heterocycles. The van der Waals surface area contributed by atoms with E-state index in [4.69, 9.17) is 69.6 Å². The number of aromatic nitrogens is 1. The zero-order chi connectivity index (χ0) is 19.7. The third-order valence-corrected chi connectivity index (χ3v) is 6.09. The van der Waals surface area contributed by atoms with Crippen LogP contribution in [0.3, 0.4) is 0 Å². The minimum Gasteiger partial charge on any atom is -0.255 e. The highest BCUT2D eigenvalue weighted by Gasteiger charge is 2.19. The minimum absolute atomic E-state index is 0.0746. The molecule has 0 N–H and O–H groups in total. The van der Waals surface area contributed by atoms with E-state index < -0.39 is 0 Å². The number of hydrogen-bond donors (Lipinski definition) is 0. The molecule has 0 bridgehead atoms. The average Bonchev–Trinajstić information content (AvgIpc) is 2.64. The van der Waals surface area contributed by atoms with Gasteiger partial charge in [0.2, 0.25) is 0 Å². The molecular weight excluding hydrogens is 469 g/mol. The highest BCUT2D eigenvalue weighted by Crippen LogP contribution is 2.43. The molecule has 136 valence electrons. The zero-order valence-electron chi connectivity index (χ0n) is 13.3. The summed E-state index contributed by atoms with van der Waals surface area (Å²) in [7, 11) is 0. The predicted octanol–water partition coefficient (Wildman–Crippen LogP) is 8.40. The van der Waals surface area contributed by atoms with Crippen molar-refractivity contribution in [1.82, 2.24) is 4.98 Å². The molecule has 2 aromatic carbocycles. The molecule has 0 atom stereocenters. The van der Waals surface area contributed by atoms with Crippen LogP contribution in [0.15, 0.2) is 36.5 Å². The number of benzene rings is 2. The van der Waals surface area contributed by atoms with Gasteiger partial charge in [-0.3, -0.25) is 4.98 Å². The second-order valence-corrected chi connectivity index (χ2v) is 7.89. The Kier molecular flexibility index (Phi) is 6.43. The molecule has 3 aromatic rings. The van der Waals surface area contributed by atoms with Gasteiger partial charge in [0.25, 0.3) is 0 Å². The summed E-state index contributed by atoms with van der Waals surface area (Å²) < 4.78 is 0. The van der Waals surface area contributed by atoms with Gasteiger partial charge in [0, 0.05) is 22.9 Å². The van der Waals surface area contributed by atoms with Crippen LogP contribution >= 0.6 is 69.6 Å². The minimum atomic E-state index is 0.0746. The standard InChI is InChI=1S/C19H8Cl6N2/c20-11-1-3-13(22)17(24)15(11)10-7-9(5-6-26)19(27-8-10)16-12(21)2-4-14(23)18(16)25/h1-4,7-8H,5H2. The lowest BCUT2D eigenvalue weighted by atomic mass is 9.99. The van der Waals surface area contributed by atoms with Crippen molar-refractivity contribution in [1.29, 1.82) is 5.26 Å². The monoisotopic (exact) mass is 474 g/mol. The Balaban J connectivity index is 2.27. The molecule has 3 rings (SSSR count). The lowest BCUT2D eigenvalue weighted by Gasteiger charge is -2.14. The molecule has 0 amide bonds. The lowest BCUT2D eigenvalue weighted by Crippen LogP contribution is -1.97. The SMILES string of the molecule is N#CCc1cc(-c2c(Cl)ccc(Cl)c2Cl)cnc1-c1c(Cl)ccc(Cl)c1Cl. The molecule has 0 aliphatic heterocycles. The van der Waals surface area contributed by atoms with Crippen molar-refractivity contribution in [3.8, 4) is 28.5 Å². The molecule has 1 aromatic heterocycles. The van der Waals surface area contributed by atoms with E-state index >= 15 is 0 Å². The summed E-state index contributed by atoms with van der Waals surface area (Å²) in [5.41, 5.74) is 2.69. The Morgan fingerprint density at radius 3 is 1.89 bits per heavy atom. The first kappa shape index (κ1) is 20.6. The van der Waals surface area contributed by atoms with Gasteiger partial charge in [-0.1, -0.05) is 69.6 Å². The highest BCUT2D eigenvalue weighted by molar-refractivity contribution is 6.47. The van der Waals surface area contributed by atoms with E-state index in [1.807, 2.05) is 0 Å². The molecule has 0 radical (unpaired) electrons. The van der Waals surface area contributed by atoms with E-state index in [9.17, 15) is 5.26 Å². The van der Waals surface area contributed by atoms with Gasteiger partial charge in [0.1, 0.15) is 0 Å². The summed E-state index contributed by atoms with van der Waals surface area (Å²) in [6.45, 7) is 0. The Labute approximate surface area is 186 Å². The van der Waals surface area contributed by atoms with Gasteiger partial charge >= 0.3 is 0 Å². The van der Waals surface area contributed by atoms with Crippen LogP contribution in [0.25, 0.3) is 22.4 Å². The van der Waals surface area contributed by atoms with E-state index in [1.54, 1.807) is 36.5 Å². The predicted molar refractivity (Wildman–Crippen MR) is 114 cm³/mol. The number of halogens is 6. The van der Waals surface area contributed by atoms with Crippen LogP contribution in [-0.2, 0) is 6.42 Å². The maximum absolute atomic E-state index is 9.26. The van der Waals surface area contributed by atoms with Crippen molar-refractivity contribution in [2.45, 2.75) is 6.42 Å². The van der Waals surface area contributed by atoms with Crippen LogP contribution in [0.2, 0.25) is 30.1 Å². The first-order valence-corrected chi connectivity index (χ1v) is 9.75. The largest absolute Gasteiger partial charge is 0.255 e. The van der Waals surface area contributed by atoms with Crippen molar-refractivity contribution >= 4 is 69.6 Å². The second kappa shape index (κ2) is 8.45. The quantitative estimate of drug-likeness (QED) is 0.356. The summed E-state index contributed by atoms with van der Waals surface area (Å²) in [6, 6.07) is 10.4. The fraction of sp³-hybridized carbons (Fsp3) is 0.0526. The fourth-order valence-corrected chi connectivity index (χ4v) is 4.08. The van der Waals surface area contributed by atoms with E-state index in [-0.39, 0.29) is 11.4 Å². The zero-order valence-corrected chi connectivity index (χ0v) is 17.9. The molecule has 0 fully saturated rings. The maximum Gasteiger partial charge on any atom is 0.0775 e. The lowest BCUT2D eigenvalue weighted by molar-refractivity contribution is 1.20. The molecule has 0 spiro atoms. The van der Waals surface area contributed by atoms with E-state index in [0.29, 0.717) is 53.1 Å². The van der Waals surface area contributed by atoms with Crippen LogP contribution in [-0.4, -0.2) is 4.98 Å². The summed E-state index contributed by atoms with van der Waals surface area (Å²) in [6.07, 6.45) is 1.65. The summed E-state index contributed by atoms with van der Waals surface area (Å²) in [5.74, 6) is 0. The van der Waals surface area contributed by atoms with Gasteiger partial charge in [0.05, 0.1) is 48.3 Å². The van der Waals surface area contributed by atoms with Crippen LogP contribution in [0, 0.1) is 11.3 Å². The van der Waals surface area contributed by atoms with Crippen LogP contribution < -0.4 is 0 Å². The molecule has 1 heterocycles. The molecule has 8 heteroatoms. The number of nitriles is 1. The first-order chi connectivity index (χ1) is 12.8. The smallest absolute Gasteiger partial charge is 0.0775 e. The van der Waals surface area contributed by atoms with Crippen molar-refractivity contribution in [2.24, 2.45) is 0 Å². The molecule has 0 aliphatic carbocycles. The molecule has 0 aliphatic rings. The molecular formula is C19H8Cl6N2. The summed E-state index contributed by atoms with van der Waals surface area (Å²) in [5, 5.41) is 11.3. The topological polar surface area (TPSA) is 36.7 Å². The van der Waals surface area contributed by atoms with E-state index in [1.165, 1.54) is 0 Å². The van der Waals surface area contributed by atoms with Crippen LogP contribution in [0.5, 0.6) is 0 Å². The third kappa shape index (κ3) is 4.00. The molecule has 0 unspecified atom stereocenters. The highest BCUT2D eigenvalue weighted by atomic mass is 35.5. The summed E-state index contributed by atoms with van der Waals surface area (Å²) in [4.78, 5) is 4.48. The fourth-order valence-electron chi connectivity index (χ4n) is 2.63. The Morgan fingerprint density at radius 1 is 0.778 bits per heavy atom. The van der Waals surface area contributed by atoms with Gasteiger partial charge < -0.3 is 0 Å². The van der Waals surface area contributed by atoms with Gasteiger partial charge in [-0.2, -0.15) is 5.26 Å². The van der Waals surface area contributed by atoms with Crippen molar-refractivity contribution in [2.75, 3.05) is 0 Å². The van der Waals surface area contributed by atoms with Crippen molar-refractivity contribution in [3.05, 3.63) is 72.2 Å². The van der Waals surface area contributed by atoms with Gasteiger partial charge in [0.15, 0.2) is 0 Å².